The standard InChI is InChI=1S/C45H45BO2/c1-27-21-22-43(2,3)38-36(27)30(28-15-10-8-11-16-28)25-32-41(38)47-34-19-14-20-35-40(34)46(32)33-26-31(29-17-12-9-13-18-29)37-39(42(33)48-35)45(6,7)24-23-44(37,4)5/h8-20,25-27H,21-24H2,1-7H3. The zero-order chi connectivity index (χ0) is 33.2. The fraction of sp³-hybridized carbons (Fsp3) is 0.333. The highest BCUT2D eigenvalue weighted by atomic mass is 16.5. The maximum Gasteiger partial charge on any atom is 0.260 e. The van der Waals surface area contributed by atoms with E-state index in [1.54, 1.807) is 0 Å². The molecular weight excluding hydrogens is 583 g/mol. The van der Waals surface area contributed by atoms with Crippen molar-refractivity contribution in [2.45, 2.75) is 96.3 Å². The lowest BCUT2D eigenvalue weighted by Crippen LogP contribution is -2.59. The predicted octanol–water partition coefficient (Wildman–Crippen LogP) is 10.3. The molecule has 3 heteroatoms. The third kappa shape index (κ3) is 4.19. The van der Waals surface area contributed by atoms with Crippen molar-refractivity contribution in [3.05, 3.63) is 113 Å². The van der Waals surface area contributed by atoms with Gasteiger partial charge in [-0.2, -0.15) is 0 Å². The van der Waals surface area contributed by atoms with Gasteiger partial charge < -0.3 is 9.47 Å². The number of fused-ring (bicyclic) bond motifs is 8. The molecular formula is C45H45BO2. The highest BCUT2D eigenvalue weighted by Crippen LogP contribution is 2.55. The second kappa shape index (κ2) is 10.1. The van der Waals surface area contributed by atoms with Gasteiger partial charge in [-0.05, 0) is 104 Å². The van der Waals surface area contributed by atoms with Crippen LogP contribution in [-0.2, 0) is 16.2 Å². The van der Waals surface area contributed by atoms with Crippen molar-refractivity contribution in [2.24, 2.45) is 0 Å². The van der Waals surface area contributed by atoms with E-state index in [1.807, 2.05) is 0 Å². The molecule has 9 rings (SSSR count). The van der Waals surface area contributed by atoms with E-state index in [2.05, 4.69) is 139 Å². The minimum absolute atomic E-state index is 0.00176. The number of benzene rings is 5. The highest BCUT2D eigenvalue weighted by Gasteiger charge is 2.49. The Bertz CT molecular complexity index is 2120. The van der Waals surface area contributed by atoms with Gasteiger partial charge in [-0.15, -0.1) is 0 Å². The quantitative estimate of drug-likeness (QED) is 0.177. The minimum Gasteiger partial charge on any atom is -0.458 e. The monoisotopic (exact) mass is 628 g/mol. The summed E-state index contributed by atoms with van der Waals surface area (Å²) in [5, 5.41) is 0. The van der Waals surface area contributed by atoms with Crippen molar-refractivity contribution in [2.75, 3.05) is 0 Å². The van der Waals surface area contributed by atoms with Crippen molar-refractivity contribution in [1.29, 1.82) is 0 Å². The molecule has 2 aliphatic carbocycles. The molecule has 1 unspecified atom stereocenters. The summed E-state index contributed by atoms with van der Waals surface area (Å²) in [4.78, 5) is 0. The molecule has 0 bridgehead atoms. The second-order valence-corrected chi connectivity index (χ2v) is 16.9. The van der Waals surface area contributed by atoms with Crippen LogP contribution in [0, 0.1) is 0 Å². The number of hydrogen-bond acceptors (Lipinski definition) is 2. The van der Waals surface area contributed by atoms with Crippen molar-refractivity contribution < 1.29 is 9.47 Å². The van der Waals surface area contributed by atoms with E-state index in [1.165, 1.54) is 61.9 Å². The normalized spacial score (nSPS) is 20.2. The van der Waals surface area contributed by atoms with Crippen LogP contribution < -0.4 is 25.9 Å². The lowest BCUT2D eigenvalue weighted by molar-refractivity contribution is 0.321. The molecule has 2 nitrogen and oxygen atoms in total. The van der Waals surface area contributed by atoms with Crippen LogP contribution in [0.25, 0.3) is 22.3 Å². The van der Waals surface area contributed by atoms with Crippen LogP contribution in [-0.4, -0.2) is 6.71 Å². The van der Waals surface area contributed by atoms with Gasteiger partial charge in [0.25, 0.3) is 6.71 Å². The summed E-state index contributed by atoms with van der Waals surface area (Å²) in [5.74, 6) is 4.44. The smallest absolute Gasteiger partial charge is 0.260 e. The van der Waals surface area contributed by atoms with E-state index in [0.717, 1.165) is 47.7 Å². The maximum absolute atomic E-state index is 7.16. The SMILES string of the molecule is CC1CCC(C)(C)c2c3c(cc(-c4ccccc4)c21)B1c2cc(-c4ccccc4)c4c(c2Oc2cccc(c21)O3)C(C)(C)CCC4(C)C. The topological polar surface area (TPSA) is 18.5 Å². The van der Waals surface area contributed by atoms with Gasteiger partial charge in [-0.25, -0.2) is 0 Å². The van der Waals surface area contributed by atoms with Crippen LogP contribution in [0.15, 0.2) is 91.0 Å². The zero-order valence-corrected chi connectivity index (χ0v) is 29.5. The van der Waals surface area contributed by atoms with Crippen molar-refractivity contribution >= 4 is 23.1 Å². The first-order valence-electron chi connectivity index (χ1n) is 18.0. The Balaban J connectivity index is 1.43. The van der Waals surface area contributed by atoms with Crippen LogP contribution >= 0.6 is 0 Å². The van der Waals surface area contributed by atoms with Gasteiger partial charge in [-0.1, -0.05) is 127 Å². The van der Waals surface area contributed by atoms with Crippen molar-refractivity contribution in [3.63, 3.8) is 0 Å². The van der Waals surface area contributed by atoms with Gasteiger partial charge in [0.2, 0.25) is 0 Å². The summed E-state index contributed by atoms with van der Waals surface area (Å²) in [5.41, 5.74) is 14.6. The van der Waals surface area contributed by atoms with E-state index in [-0.39, 0.29) is 23.0 Å². The van der Waals surface area contributed by atoms with Crippen LogP contribution in [0.5, 0.6) is 23.0 Å². The Labute approximate surface area is 286 Å². The van der Waals surface area contributed by atoms with Crippen LogP contribution in [0.4, 0.5) is 0 Å². The maximum atomic E-state index is 7.16. The molecule has 0 fully saturated rings. The molecule has 0 spiro atoms. The molecule has 0 radical (unpaired) electrons. The molecule has 240 valence electrons. The molecule has 0 saturated heterocycles. The molecule has 0 saturated carbocycles. The highest BCUT2D eigenvalue weighted by molar-refractivity contribution is 6.98. The molecule has 0 N–H and O–H groups in total. The number of ether oxygens (including phenoxy) is 2. The van der Waals surface area contributed by atoms with E-state index >= 15 is 0 Å². The van der Waals surface area contributed by atoms with Gasteiger partial charge in [0.1, 0.15) is 23.0 Å². The van der Waals surface area contributed by atoms with Gasteiger partial charge in [0.05, 0.1) is 0 Å². The van der Waals surface area contributed by atoms with E-state index in [4.69, 9.17) is 9.47 Å². The fourth-order valence-electron chi connectivity index (χ4n) is 9.68. The molecule has 2 aliphatic heterocycles. The molecule has 1 atom stereocenters. The summed E-state index contributed by atoms with van der Waals surface area (Å²) in [7, 11) is 0. The van der Waals surface area contributed by atoms with Gasteiger partial charge in [0.15, 0.2) is 0 Å². The Morgan fingerprint density at radius 3 is 1.67 bits per heavy atom. The fourth-order valence-corrected chi connectivity index (χ4v) is 9.68. The summed E-state index contributed by atoms with van der Waals surface area (Å²) in [6, 6.07) is 33.5. The van der Waals surface area contributed by atoms with Crippen LogP contribution in [0.3, 0.4) is 0 Å². The third-order valence-corrected chi connectivity index (χ3v) is 12.3. The molecule has 0 aromatic heterocycles. The summed E-state index contributed by atoms with van der Waals surface area (Å²) < 4.78 is 14.3. The van der Waals surface area contributed by atoms with Gasteiger partial charge in [-0.3, -0.25) is 0 Å². The average Bonchev–Trinajstić information content (AvgIpc) is 3.08. The predicted molar refractivity (Wildman–Crippen MR) is 201 cm³/mol. The lowest BCUT2D eigenvalue weighted by Gasteiger charge is -2.46. The van der Waals surface area contributed by atoms with Gasteiger partial charge in [0, 0.05) is 16.6 Å². The minimum atomic E-state index is -0.0364. The van der Waals surface area contributed by atoms with Crippen molar-refractivity contribution in [1.82, 2.24) is 0 Å². The average molecular weight is 629 g/mol. The zero-order valence-electron chi connectivity index (χ0n) is 29.5. The summed E-state index contributed by atoms with van der Waals surface area (Å²) in [6.45, 7) is 17.0. The van der Waals surface area contributed by atoms with Crippen molar-refractivity contribution in [3.8, 4) is 45.3 Å². The molecule has 0 amide bonds. The Kier molecular flexibility index (Phi) is 6.31. The first kappa shape index (κ1) is 29.9. The Morgan fingerprint density at radius 1 is 0.562 bits per heavy atom. The Morgan fingerprint density at radius 2 is 1.06 bits per heavy atom. The van der Waals surface area contributed by atoms with E-state index in [0.29, 0.717) is 5.92 Å². The summed E-state index contributed by atoms with van der Waals surface area (Å²) in [6.07, 6.45) is 4.58. The van der Waals surface area contributed by atoms with Crippen LogP contribution in [0.2, 0.25) is 0 Å². The second-order valence-electron chi connectivity index (χ2n) is 16.9. The Hall–Kier alpha value is -4.24. The molecule has 5 aromatic carbocycles. The van der Waals surface area contributed by atoms with E-state index < -0.39 is 0 Å². The molecule has 5 aromatic rings. The molecule has 2 heterocycles. The summed E-state index contributed by atoms with van der Waals surface area (Å²) >= 11 is 0. The number of hydrogen-bond donors (Lipinski definition) is 0. The van der Waals surface area contributed by atoms with E-state index in [9.17, 15) is 0 Å². The number of rotatable bonds is 2. The largest absolute Gasteiger partial charge is 0.458 e. The first-order chi connectivity index (χ1) is 23.0. The molecule has 48 heavy (non-hydrogen) atoms. The van der Waals surface area contributed by atoms with Crippen LogP contribution in [0.1, 0.15) is 102 Å². The first-order valence-corrected chi connectivity index (χ1v) is 18.0. The third-order valence-electron chi connectivity index (χ3n) is 12.3. The molecule has 4 aliphatic rings. The van der Waals surface area contributed by atoms with Gasteiger partial charge >= 0.3 is 0 Å². The lowest BCUT2D eigenvalue weighted by atomic mass is 9.33.